The van der Waals surface area contributed by atoms with Crippen LogP contribution in [0.3, 0.4) is 0 Å². The Morgan fingerprint density at radius 1 is 1.42 bits per heavy atom. The lowest BCUT2D eigenvalue weighted by Crippen LogP contribution is -2.02. The molecular weight excluding hydrogens is 281 g/mol. The Labute approximate surface area is 112 Å². The molecule has 7 heteroatoms. The molecule has 0 radical (unpaired) electrons. The molecule has 1 aromatic carbocycles. The van der Waals surface area contributed by atoms with Crippen LogP contribution in [0.2, 0.25) is 0 Å². The van der Waals surface area contributed by atoms with Crippen LogP contribution in [0.5, 0.6) is 5.75 Å². The third-order valence-electron chi connectivity index (χ3n) is 1.79. The summed E-state index contributed by atoms with van der Waals surface area (Å²) in [5.74, 6) is -0.466. The number of ether oxygens (including phenoxy) is 1. The SMILES string of the molecule is CCOC(=O)/C=C/c1cccc(OSC(F)(F)F)c1. The monoisotopic (exact) mass is 292 g/mol. The minimum Gasteiger partial charge on any atom is -0.463 e. The van der Waals surface area contributed by atoms with Gasteiger partial charge in [-0.15, -0.1) is 0 Å². The number of alkyl halides is 3. The molecule has 1 aromatic rings. The Morgan fingerprint density at radius 3 is 2.79 bits per heavy atom. The summed E-state index contributed by atoms with van der Waals surface area (Å²) in [6, 6.07) is 5.92. The molecule has 19 heavy (non-hydrogen) atoms. The summed E-state index contributed by atoms with van der Waals surface area (Å²) in [7, 11) is 0. The van der Waals surface area contributed by atoms with Crippen LogP contribution >= 0.6 is 12.0 Å². The van der Waals surface area contributed by atoms with E-state index in [1.165, 1.54) is 30.4 Å². The number of carbonyl (C=O) groups excluding carboxylic acids is 1. The highest BCUT2D eigenvalue weighted by Crippen LogP contribution is 2.32. The maximum Gasteiger partial charge on any atom is 0.479 e. The topological polar surface area (TPSA) is 35.5 Å². The van der Waals surface area contributed by atoms with Crippen molar-refractivity contribution in [1.29, 1.82) is 0 Å². The fourth-order valence-electron chi connectivity index (χ4n) is 1.12. The zero-order valence-electron chi connectivity index (χ0n) is 9.94. The number of halogens is 3. The van der Waals surface area contributed by atoms with Gasteiger partial charge < -0.3 is 8.92 Å². The van der Waals surface area contributed by atoms with Gasteiger partial charge in [0, 0.05) is 6.08 Å². The Balaban J connectivity index is 2.64. The first-order chi connectivity index (χ1) is 8.90. The number of carbonyl (C=O) groups is 1. The van der Waals surface area contributed by atoms with Crippen molar-refractivity contribution in [2.45, 2.75) is 12.4 Å². The Kier molecular flexibility index (Phi) is 5.75. The number of rotatable bonds is 5. The zero-order valence-corrected chi connectivity index (χ0v) is 10.8. The van der Waals surface area contributed by atoms with E-state index in [9.17, 15) is 18.0 Å². The van der Waals surface area contributed by atoms with E-state index in [-0.39, 0.29) is 12.4 Å². The summed E-state index contributed by atoms with van der Waals surface area (Å²) in [4.78, 5) is 11.1. The van der Waals surface area contributed by atoms with E-state index in [0.29, 0.717) is 5.56 Å². The van der Waals surface area contributed by atoms with E-state index in [1.807, 2.05) is 0 Å². The maximum absolute atomic E-state index is 11.9. The van der Waals surface area contributed by atoms with Crippen molar-refractivity contribution in [3.63, 3.8) is 0 Å². The van der Waals surface area contributed by atoms with E-state index >= 15 is 0 Å². The molecule has 0 amide bonds. The normalized spacial score (nSPS) is 11.6. The van der Waals surface area contributed by atoms with Crippen molar-refractivity contribution in [3.05, 3.63) is 35.9 Å². The summed E-state index contributed by atoms with van der Waals surface area (Å²) < 4.78 is 45.0. The number of benzene rings is 1. The van der Waals surface area contributed by atoms with Crippen molar-refractivity contribution < 1.29 is 26.9 Å². The lowest BCUT2D eigenvalue weighted by Gasteiger charge is -2.06. The van der Waals surface area contributed by atoms with Gasteiger partial charge in [0.05, 0.1) is 6.61 Å². The van der Waals surface area contributed by atoms with E-state index in [0.717, 1.165) is 0 Å². The maximum atomic E-state index is 11.9. The van der Waals surface area contributed by atoms with Crippen LogP contribution in [0.1, 0.15) is 12.5 Å². The second-order valence-electron chi connectivity index (χ2n) is 3.27. The van der Waals surface area contributed by atoms with Crippen LogP contribution < -0.4 is 4.18 Å². The van der Waals surface area contributed by atoms with Gasteiger partial charge in [-0.3, -0.25) is 0 Å². The molecular formula is C12H11F3O3S. The third-order valence-corrected chi connectivity index (χ3v) is 2.25. The first-order valence-corrected chi connectivity index (χ1v) is 6.02. The molecule has 3 nitrogen and oxygen atoms in total. The summed E-state index contributed by atoms with van der Waals surface area (Å²) in [6.07, 6.45) is 2.63. The molecule has 0 spiro atoms. The fraction of sp³-hybridized carbons (Fsp3) is 0.250. The van der Waals surface area contributed by atoms with E-state index in [2.05, 4.69) is 8.92 Å². The summed E-state index contributed by atoms with van der Waals surface area (Å²) in [5.41, 5.74) is -3.93. The Bertz CT molecular complexity index is 458. The molecule has 0 unspecified atom stereocenters. The quantitative estimate of drug-likeness (QED) is 0.469. The van der Waals surface area contributed by atoms with Crippen molar-refractivity contribution in [3.8, 4) is 5.75 Å². The highest BCUT2D eigenvalue weighted by molar-refractivity contribution is 7.95. The van der Waals surface area contributed by atoms with Gasteiger partial charge in [-0.1, -0.05) is 12.1 Å². The van der Waals surface area contributed by atoms with Crippen LogP contribution in [-0.2, 0) is 9.53 Å². The van der Waals surface area contributed by atoms with Crippen LogP contribution in [0, 0.1) is 0 Å². The van der Waals surface area contributed by atoms with E-state index < -0.39 is 23.5 Å². The third kappa shape index (κ3) is 6.76. The number of hydrogen-bond acceptors (Lipinski definition) is 4. The first kappa shape index (κ1) is 15.4. The largest absolute Gasteiger partial charge is 0.479 e. The van der Waals surface area contributed by atoms with Gasteiger partial charge >= 0.3 is 11.5 Å². The molecule has 0 fully saturated rings. The summed E-state index contributed by atoms with van der Waals surface area (Å²) in [5, 5.41) is 0. The average molecular weight is 292 g/mol. The van der Waals surface area contributed by atoms with Gasteiger partial charge in [0.25, 0.3) is 0 Å². The van der Waals surface area contributed by atoms with E-state index in [4.69, 9.17) is 0 Å². The molecule has 0 bridgehead atoms. The predicted molar refractivity (Wildman–Crippen MR) is 66.4 cm³/mol. The molecule has 0 aliphatic rings. The first-order valence-electron chi connectivity index (χ1n) is 5.28. The lowest BCUT2D eigenvalue weighted by molar-refractivity contribution is -0.137. The molecule has 0 aromatic heterocycles. The van der Waals surface area contributed by atoms with E-state index in [1.54, 1.807) is 13.0 Å². The van der Waals surface area contributed by atoms with Crippen molar-refractivity contribution in [2.24, 2.45) is 0 Å². The minimum atomic E-state index is -4.46. The fourth-order valence-corrected chi connectivity index (χ4v) is 1.41. The molecule has 0 heterocycles. The molecule has 0 saturated heterocycles. The zero-order chi connectivity index (χ0) is 14.3. The lowest BCUT2D eigenvalue weighted by atomic mass is 10.2. The Hall–Kier alpha value is -1.63. The minimum absolute atomic E-state index is 0.0494. The van der Waals surface area contributed by atoms with Crippen molar-refractivity contribution in [1.82, 2.24) is 0 Å². The van der Waals surface area contributed by atoms with Crippen LogP contribution in [0.15, 0.2) is 30.3 Å². The standard InChI is InChI=1S/C12H11F3O3S/c1-2-17-11(16)7-6-9-4-3-5-10(8-9)18-19-12(13,14)15/h3-8H,2H2,1H3/b7-6+. The van der Waals surface area contributed by atoms with Crippen LogP contribution in [0.25, 0.3) is 6.08 Å². The molecule has 104 valence electrons. The van der Waals surface area contributed by atoms with Crippen molar-refractivity contribution >= 4 is 24.1 Å². The number of esters is 1. The molecule has 0 saturated carbocycles. The van der Waals surface area contributed by atoms with Gasteiger partial charge in [-0.05, 0) is 30.7 Å². The second kappa shape index (κ2) is 7.08. The molecule has 1 rings (SSSR count). The molecule has 0 atom stereocenters. The van der Waals surface area contributed by atoms with Gasteiger partial charge in [-0.25, -0.2) is 4.79 Å². The average Bonchev–Trinajstić information content (AvgIpc) is 2.34. The predicted octanol–water partition coefficient (Wildman–Crippen LogP) is 3.81. The Morgan fingerprint density at radius 2 is 2.16 bits per heavy atom. The van der Waals surface area contributed by atoms with Gasteiger partial charge in [0.15, 0.2) is 12.0 Å². The highest BCUT2D eigenvalue weighted by Gasteiger charge is 2.31. The molecule has 0 N–H and O–H groups in total. The highest BCUT2D eigenvalue weighted by atomic mass is 32.2. The smallest absolute Gasteiger partial charge is 0.463 e. The van der Waals surface area contributed by atoms with Crippen LogP contribution in [0.4, 0.5) is 13.2 Å². The number of hydrogen-bond donors (Lipinski definition) is 0. The van der Waals surface area contributed by atoms with Gasteiger partial charge in [0.1, 0.15) is 5.75 Å². The second-order valence-corrected chi connectivity index (χ2v) is 4.07. The van der Waals surface area contributed by atoms with Crippen molar-refractivity contribution in [2.75, 3.05) is 6.61 Å². The van der Waals surface area contributed by atoms with Gasteiger partial charge in [-0.2, -0.15) is 13.2 Å². The molecule has 0 aliphatic heterocycles. The van der Waals surface area contributed by atoms with Gasteiger partial charge in [0.2, 0.25) is 0 Å². The summed E-state index contributed by atoms with van der Waals surface area (Å²) >= 11 is -0.588. The van der Waals surface area contributed by atoms with Crippen LogP contribution in [-0.4, -0.2) is 18.1 Å². The molecule has 0 aliphatic carbocycles. The summed E-state index contributed by atoms with van der Waals surface area (Å²) in [6.45, 7) is 1.93.